The Morgan fingerprint density at radius 3 is 2.62 bits per heavy atom. The quantitative estimate of drug-likeness (QED) is 0.415. The van der Waals surface area contributed by atoms with E-state index in [4.69, 9.17) is 0 Å². The van der Waals surface area contributed by atoms with E-state index in [0.717, 1.165) is 6.42 Å². The number of hydrogen-bond donors (Lipinski definition) is 1. The lowest BCUT2D eigenvalue weighted by Crippen LogP contribution is -2.17. The SMILES string of the molecule is CNC(=O)O/N=C/C(C)CC(C)C. The molecule has 1 N–H and O–H groups in total. The topological polar surface area (TPSA) is 50.7 Å². The highest BCUT2D eigenvalue weighted by Crippen LogP contribution is 2.08. The lowest BCUT2D eigenvalue weighted by atomic mass is 10.0. The van der Waals surface area contributed by atoms with Crippen molar-refractivity contribution in [2.45, 2.75) is 27.2 Å². The zero-order valence-electron chi connectivity index (χ0n) is 8.70. The second-order valence-electron chi connectivity index (χ2n) is 3.49. The smallest absolute Gasteiger partial charge is 0.323 e. The van der Waals surface area contributed by atoms with Crippen molar-refractivity contribution < 1.29 is 9.63 Å². The summed E-state index contributed by atoms with van der Waals surface area (Å²) in [5, 5.41) is 5.86. The van der Waals surface area contributed by atoms with Crippen LogP contribution in [0.1, 0.15) is 27.2 Å². The molecule has 0 radical (unpaired) electrons. The van der Waals surface area contributed by atoms with Crippen LogP contribution in [0.15, 0.2) is 5.16 Å². The van der Waals surface area contributed by atoms with Gasteiger partial charge in [-0.05, 0) is 18.3 Å². The highest BCUT2D eigenvalue weighted by atomic mass is 16.7. The molecule has 0 rings (SSSR count). The van der Waals surface area contributed by atoms with Crippen molar-refractivity contribution in [2.75, 3.05) is 7.05 Å². The van der Waals surface area contributed by atoms with Gasteiger partial charge in [0.2, 0.25) is 0 Å². The van der Waals surface area contributed by atoms with E-state index in [1.54, 1.807) is 6.21 Å². The van der Waals surface area contributed by atoms with Gasteiger partial charge in [0.25, 0.3) is 0 Å². The molecular formula is C9H18N2O2. The number of carbonyl (C=O) groups is 1. The average Bonchev–Trinajstić information content (AvgIpc) is 2.02. The monoisotopic (exact) mass is 186 g/mol. The lowest BCUT2D eigenvalue weighted by Gasteiger charge is -2.07. The molecule has 0 aliphatic carbocycles. The zero-order chi connectivity index (χ0) is 10.3. The van der Waals surface area contributed by atoms with Crippen molar-refractivity contribution in [2.24, 2.45) is 17.0 Å². The molecule has 0 aliphatic heterocycles. The Balaban J connectivity index is 3.65. The van der Waals surface area contributed by atoms with Crippen LogP contribution in [0.25, 0.3) is 0 Å². The fraction of sp³-hybridized carbons (Fsp3) is 0.778. The summed E-state index contributed by atoms with van der Waals surface area (Å²) in [6, 6.07) is 0. The van der Waals surface area contributed by atoms with E-state index in [0.29, 0.717) is 11.8 Å². The van der Waals surface area contributed by atoms with Crippen molar-refractivity contribution in [1.82, 2.24) is 5.32 Å². The van der Waals surface area contributed by atoms with Gasteiger partial charge in [0, 0.05) is 13.3 Å². The van der Waals surface area contributed by atoms with E-state index >= 15 is 0 Å². The van der Waals surface area contributed by atoms with E-state index < -0.39 is 6.09 Å². The zero-order valence-corrected chi connectivity index (χ0v) is 8.70. The molecule has 0 aromatic rings. The molecule has 0 heterocycles. The van der Waals surface area contributed by atoms with Crippen LogP contribution in [0.5, 0.6) is 0 Å². The molecule has 1 amide bonds. The standard InChI is InChI=1S/C9H18N2O2/c1-7(2)5-8(3)6-11-13-9(12)10-4/h6-8H,5H2,1-4H3,(H,10,12)/b11-6+. The van der Waals surface area contributed by atoms with Crippen molar-refractivity contribution in [3.63, 3.8) is 0 Å². The summed E-state index contributed by atoms with van der Waals surface area (Å²) in [4.78, 5) is 15.0. The summed E-state index contributed by atoms with van der Waals surface area (Å²) < 4.78 is 0. The number of oxime groups is 1. The molecule has 0 aromatic carbocycles. The maximum absolute atomic E-state index is 10.6. The van der Waals surface area contributed by atoms with Gasteiger partial charge in [-0.2, -0.15) is 0 Å². The first-order valence-corrected chi connectivity index (χ1v) is 4.48. The summed E-state index contributed by atoms with van der Waals surface area (Å²) in [5.74, 6) is 0.964. The minimum Gasteiger partial charge on any atom is -0.323 e. The molecule has 0 aromatic heterocycles. The summed E-state index contributed by atoms with van der Waals surface area (Å²) in [6.45, 7) is 6.32. The highest BCUT2D eigenvalue weighted by Gasteiger charge is 2.02. The van der Waals surface area contributed by atoms with Gasteiger partial charge in [-0.1, -0.05) is 25.9 Å². The van der Waals surface area contributed by atoms with Crippen LogP contribution in [-0.2, 0) is 4.84 Å². The number of rotatable bonds is 4. The van der Waals surface area contributed by atoms with Gasteiger partial charge in [-0.25, -0.2) is 4.79 Å². The predicted octanol–water partition coefficient (Wildman–Crippen LogP) is 2.01. The van der Waals surface area contributed by atoms with Crippen LogP contribution < -0.4 is 5.32 Å². The minimum absolute atomic E-state index is 0.338. The number of hydrogen-bond acceptors (Lipinski definition) is 3. The third-order valence-electron chi connectivity index (χ3n) is 1.50. The van der Waals surface area contributed by atoms with Gasteiger partial charge in [-0.15, -0.1) is 0 Å². The molecule has 76 valence electrons. The van der Waals surface area contributed by atoms with Gasteiger partial charge >= 0.3 is 6.09 Å². The summed E-state index contributed by atoms with van der Waals surface area (Å²) >= 11 is 0. The number of nitrogens with zero attached hydrogens (tertiary/aromatic N) is 1. The van der Waals surface area contributed by atoms with Gasteiger partial charge < -0.3 is 5.32 Å². The number of amides is 1. The van der Waals surface area contributed by atoms with Gasteiger partial charge in [-0.3, -0.25) is 4.84 Å². The fourth-order valence-electron chi connectivity index (χ4n) is 1.03. The highest BCUT2D eigenvalue weighted by molar-refractivity contribution is 5.68. The molecule has 1 unspecified atom stereocenters. The van der Waals surface area contributed by atoms with E-state index in [1.165, 1.54) is 7.05 Å². The predicted molar refractivity (Wildman–Crippen MR) is 52.7 cm³/mol. The van der Waals surface area contributed by atoms with Crippen molar-refractivity contribution >= 4 is 12.3 Å². The molecule has 13 heavy (non-hydrogen) atoms. The molecule has 0 saturated carbocycles. The Morgan fingerprint density at radius 2 is 2.15 bits per heavy atom. The summed E-state index contributed by atoms with van der Waals surface area (Å²) in [6.07, 6.45) is 2.16. The minimum atomic E-state index is -0.534. The normalized spacial score (nSPS) is 13.3. The lowest BCUT2D eigenvalue weighted by molar-refractivity contribution is 0.153. The molecule has 0 spiro atoms. The van der Waals surface area contributed by atoms with Crippen LogP contribution in [0.4, 0.5) is 4.79 Å². The van der Waals surface area contributed by atoms with E-state index in [1.807, 2.05) is 6.92 Å². The van der Waals surface area contributed by atoms with E-state index in [9.17, 15) is 4.79 Å². The molecular weight excluding hydrogens is 168 g/mol. The second kappa shape index (κ2) is 6.46. The Labute approximate surface area is 79.3 Å². The van der Waals surface area contributed by atoms with Gasteiger partial charge in [0.15, 0.2) is 0 Å². The number of carbonyl (C=O) groups excluding carboxylic acids is 1. The first kappa shape index (κ1) is 11.9. The fourth-order valence-corrected chi connectivity index (χ4v) is 1.03. The first-order chi connectivity index (χ1) is 6.06. The third kappa shape index (κ3) is 7.31. The van der Waals surface area contributed by atoms with Crippen LogP contribution in [0, 0.1) is 11.8 Å². The average molecular weight is 186 g/mol. The van der Waals surface area contributed by atoms with Crippen molar-refractivity contribution in [1.29, 1.82) is 0 Å². The molecule has 0 aliphatic rings. The van der Waals surface area contributed by atoms with Crippen molar-refractivity contribution in [3.8, 4) is 0 Å². The largest absolute Gasteiger partial charge is 0.433 e. The number of nitrogens with one attached hydrogen (secondary N) is 1. The van der Waals surface area contributed by atoms with E-state index in [2.05, 4.69) is 29.2 Å². The Hall–Kier alpha value is -1.06. The van der Waals surface area contributed by atoms with Gasteiger partial charge in [0.05, 0.1) is 0 Å². The summed E-state index contributed by atoms with van der Waals surface area (Å²) in [7, 11) is 1.50. The molecule has 0 bridgehead atoms. The second-order valence-corrected chi connectivity index (χ2v) is 3.49. The molecule has 4 heteroatoms. The van der Waals surface area contributed by atoms with Crippen LogP contribution in [-0.4, -0.2) is 19.4 Å². The molecule has 4 nitrogen and oxygen atoms in total. The maximum atomic E-state index is 10.6. The summed E-state index contributed by atoms with van der Waals surface area (Å²) in [5.41, 5.74) is 0. The van der Waals surface area contributed by atoms with Crippen LogP contribution in [0.2, 0.25) is 0 Å². The maximum Gasteiger partial charge on any atom is 0.433 e. The Morgan fingerprint density at radius 1 is 1.54 bits per heavy atom. The first-order valence-electron chi connectivity index (χ1n) is 4.48. The van der Waals surface area contributed by atoms with Crippen LogP contribution in [0.3, 0.4) is 0 Å². The van der Waals surface area contributed by atoms with E-state index in [-0.39, 0.29) is 0 Å². The molecule has 0 fully saturated rings. The van der Waals surface area contributed by atoms with Crippen LogP contribution >= 0.6 is 0 Å². The Kier molecular flexibility index (Phi) is 5.93. The van der Waals surface area contributed by atoms with Gasteiger partial charge in [0.1, 0.15) is 0 Å². The molecule has 0 saturated heterocycles. The molecule has 1 atom stereocenters. The third-order valence-corrected chi connectivity index (χ3v) is 1.50. The van der Waals surface area contributed by atoms with Crippen molar-refractivity contribution in [3.05, 3.63) is 0 Å². The Bertz CT molecular complexity index is 178.